The quantitative estimate of drug-likeness (QED) is 0.580. The highest BCUT2D eigenvalue weighted by molar-refractivity contribution is 6.68. The van der Waals surface area contributed by atoms with Crippen molar-refractivity contribution in [3.63, 3.8) is 0 Å². The second-order valence-corrected chi connectivity index (χ2v) is 9.28. The Morgan fingerprint density at radius 3 is 1.50 bits per heavy atom. The number of pyridine rings is 1. The van der Waals surface area contributed by atoms with Gasteiger partial charge in [0.05, 0.1) is 22.4 Å². The van der Waals surface area contributed by atoms with Gasteiger partial charge in [-0.05, 0) is 55.4 Å². The van der Waals surface area contributed by atoms with Crippen molar-refractivity contribution < 1.29 is 23.0 Å². The summed E-state index contributed by atoms with van der Waals surface area (Å²) in [6, 6.07) is 1.56. The smallest absolute Gasteiger partial charge is 0.399 e. The molecule has 2 fully saturated rings. The van der Waals surface area contributed by atoms with Gasteiger partial charge in [0.1, 0.15) is 5.15 Å². The largest absolute Gasteiger partial charge is 0.499 e. The van der Waals surface area contributed by atoms with Crippen LogP contribution >= 0.6 is 11.6 Å². The van der Waals surface area contributed by atoms with Crippen molar-refractivity contribution in [3.8, 4) is 0 Å². The summed E-state index contributed by atoms with van der Waals surface area (Å²) in [6.45, 7) is 15.4. The fourth-order valence-corrected chi connectivity index (χ4v) is 2.99. The second kappa shape index (κ2) is 5.92. The highest BCUT2D eigenvalue weighted by atomic mass is 35.5. The average molecular weight is 383 g/mol. The molecule has 0 amide bonds. The first-order valence-corrected chi connectivity index (χ1v) is 9.12. The summed E-state index contributed by atoms with van der Waals surface area (Å²) in [7, 11) is -1.63. The molecule has 1 aromatic rings. The zero-order chi connectivity index (χ0) is 19.7. The fraction of sp³-hybridized carbons (Fsp3) is 0.706. The van der Waals surface area contributed by atoms with Gasteiger partial charge in [0, 0.05) is 10.9 Å². The number of hydrogen-bond donors (Lipinski definition) is 0. The van der Waals surface area contributed by atoms with Gasteiger partial charge in [-0.2, -0.15) is 4.39 Å². The maximum Gasteiger partial charge on any atom is 0.499 e. The number of nitrogens with zero attached hydrogens (tertiary/aromatic N) is 1. The first-order chi connectivity index (χ1) is 11.7. The Balaban J connectivity index is 1.97. The van der Waals surface area contributed by atoms with Crippen LogP contribution in [-0.4, -0.2) is 41.6 Å². The number of aromatic nitrogens is 1. The lowest BCUT2D eigenvalue weighted by Crippen LogP contribution is -2.44. The minimum atomic E-state index is -0.883. The van der Waals surface area contributed by atoms with E-state index < -0.39 is 42.6 Å². The van der Waals surface area contributed by atoms with E-state index in [0.717, 1.165) is 0 Å². The zero-order valence-corrected chi connectivity index (χ0v) is 17.3. The van der Waals surface area contributed by atoms with E-state index in [1.165, 1.54) is 0 Å². The molecule has 1 aromatic heterocycles. The number of rotatable bonds is 2. The minimum absolute atomic E-state index is 0.00117. The molecule has 0 spiro atoms. The van der Waals surface area contributed by atoms with E-state index >= 15 is 0 Å². The average Bonchev–Trinajstić information content (AvgIpc) is 2.78. The van der Waals surface area contributed by atoms with Crippen LogP contribution in [0.25, 0.3) is 0 Å². The van der Waals surface area contributed by atoms with Gasteiger partial charge < -0.3 is 18.6 Å². The van der Waals surface area contributed by atoms with Crippen LogP contribution < -0.4 is 10.9 Å². The highest BCUT2D eigenvalue weighted by Crippen LogP contribution is 2.38. The molecule has 5 nitrogen and oxygen atoms in total. The topological polar surface area (TPSA) is 49.8 Å². The van der Waals surface area contributed by atoms with Gasteiger partial charge in [-0.1, -0.05) is 17.7 Å². The summed E-state index contributed by atoms with van der Waals surface area (Å²) in [4.78, 5) is 3.83. The van der Waals surface area contributed by atoms with Crippen molar-refractivity contribution in [1.82, 2.24) is 4.98 Å². The van der Waals surface area contributed by atoms with E-state index in [-0.39, 0.29) is 10.6 Å². The van der Waals surface area contributed by atoms with Gasteiger partial charge in [-0.15, -0.1) is 0 Å². The van der Waals surface area contributed by atoms with Crippen LogP contribution in [0.3, 0.4) is 0 Å². The third kappa shape index (κ3) is 3.10. The third-order valence-electron chi connectivity index (χ3n) is 6.00. The van der Waals surface area contributed by atoms with Crippen molar-refractivity contribution >= 4 is 36.8 Å². The maximum absolute atomic E-state index is 14.5. The number of hydrogen-bond acceptors (Lipinski definition) is 5. The van der Waals surface area contributed by atoms with E-state index in [1.807, 2.05) is 55.4 Å². The Hall–Kier alpha value is -0.660. The molecule has 142 valence electrons. The lowest BCUT2D eigenvalue weighted by molar-refractivity contribution is 0.00578. The van der Waals surface area contributed by atoms with Crippen molar-refractivity contribution in [2.45, 2.75) is 77.8 Å². The van der Waals surface area contributed by atoms with Gasteiger partial charge in [0.2, 0.25) is 5.95 Å². The summed E-state index contributed by atoms with van der Waals surface area (Å²) >= 11 is 6.19. The Morgan fingerprint density at radius 2 is 1.12 bits per heavy atom. The summed E-state index contributed by atoms with van der Waals surface area (Å²) in [5.74, 6) is -0.728. The van der Waals surface area contributed by atoms with E-state index in [1.54, 1.807) is 6.07 Å². The van der Waals surface area contributed by atoms with Gasteiger partial charge in [0.25, 0.3) is 0 Å². The van der Waals surface area contributed by atoms with Crippen molar-refractivity contribution in [1.29, 1.82) is 0 Å². The monoisotopic (exact) mass is 383 g/mol. The minimum Gasteiger partial charge on any atom is -0.399 e. The van der Waals surface area contributed by atoms with Gasteiger partial charge in [0.15, 0.2) is 0 Å². The van der Waals surface area contributed by atoms with Crippen LogP contribution in [-0.2, 0) is 18.6 Å². The summed E-state index contributed by atoms with van der Waals surface area (Å²) in [5, 5.41) is 0.00117. The molecule has 3 rings (SSSR count). The Labute approximate surface area is 160 Å². The van der Waals surface area contributed by atoms with E-state index in [4.69, 9.17) is 30.2 Å². The molecule has 0 atom stereocenters. The standard InChI is InChI=1S/C17H25B2ClFNO4/c1-14(2)15(3,4)24-18(23-14)10-9-11(13(21)22-12(10)20)19-25-16(5,6)17(7,8)26-19/h9H,1-8H3. The van der Waals surface area contributed by atoms with Crippen LogP contribution in [0.1, 0.15) is 55.4 Å². The van der Waals surface area contributed by atoms with Gasteiger partial charge >= 0.3 is 14.2 Å². The molecular formula is C17H25B2ClFNO4. The molecule has 0 unspecified atom stereocenters. The molecular weight excluding hydrogens is 358 g/mol. The highest BCUT2D eigenvalue weighted by Gasteiger charge is 2.55. The molecule has 2 aliphatic heterocycles. The van der Waals surface area contributed by atoms with E-state index in [2.05, 4.69) is 4.98 Å². The van der Waals surface area contributed by atoms with Crippen LogP contribution in [0.4, 0.5) is 4.39 Å². The summed E-state index contributed by atoms with van der Waals surface area (Å²) < 4.78 is 38.5. The molecule has 2 saturated heterocycles. The number of halogens is 2. The van der Waals surface area contributed by atoms with Crippen LogP contribution in [0.2, 0.25) is 5.15 Å². The Kier molecular flexibility index (Phi) is 4.57. The first-order valence-electron chi connectivity index (χ1n) is 8.74. The molecule has 0 aliphatic carbocycles. The van der Waals surface area contributed by atoms with Crippen molar-refractivity contribution in [2.75, 3.05) is 0 Å². The normalized spacial score (nSPS) is 25.8. The van der Waals surface area contributed by atoms with Crippen molar-refractivity contribution in [3.05, 3.63) is 17.2 Å². The molecule has 0 N–H and O–H groups in total. The Morgan fingerprint density at radius 1 is 0.769 bits per heavy atom. The predicted octanol–water partition coefficient (Wildman–Crippen LogP) is 2.47. The summed E-state index contributed by atoms with van der Waals surface area (Å²) in [6.07, 6.45) is 0. The van der Waals surface area contributed by atoms with Gasteiger partial charge in [-0.3, -0.25) is 0 Å². The second-order valence-electron chi connectivity index (χ2n) is 8.92. The zero-order valence-electron chi connectivity index (χ0n) is 16.6. The SMILES string of the molecule is CC1(C)OB(c2cc(B3OC(C)(C)C(C)(C)O3)c(Cl)nc2F)OC1(C)C. The molecule has 0 saturated carbocycles. The van der Waals surface area contributed by atoms with Crippen LogP contribution in [0, 0.1) is 5.95 Å². The third-order valence-corrected chi connectivity index (χ3v) is 6.30. The Bertz CT molecular complexity index is 652. The summed E-state index contributed by atoms with van der Waals surface area (Å²) in [5.41, 5.74) is -1.63. The molecule has 3 heterocycles. The molecule has 0 aromatic carbocycles. The molecule has 9 heteroatoms. The van der Waals surface area contributed by atoms with Crippen molar-refractivity contribution in [2.24, 2.45) is 0 Å². The van der Waals surface area contributed by atoms with Crippen LogP contribution in [0.15, 0.2) is 6.07 Å². The fourth-order valence-electron chi connectivity index (χ4n) is 2.77. The van der Waals surface area contributed by atoms with Crippen LogP contribution in [0.5, 0.6) is 0 Å². The molecule has 0 bridgehead atoms. The first kappa shape index (κ1) is 20.1. The molecule has 26 heavy (non-hydrogen) atoms. The van der Waals surface area contributed by atoms with Gasteiger partial charge in [-0.25, -0.2) is 4.98 Å². The molecule has 0 radical (unpaired) electrons. The lowest BCUT2D eigenvalue weighted by atomic mass is 9.73. The molecule has 2 aliphatic rings. The van der Waals surface area contributed by atoms with E-state index in [9.17, 15) is 4.39 Å². The predicted molar refractivity (Wildman–Crippen MR) is 101 cm³/mol. The lowest BCUT2D eigenvalue weighted by Gasteiger charge is -2.32. The van der Waals surface area contributed by atoms with E-state index in [0.29, 0.717) is 5.46 Å². The maximum atomic E-state index is 14.5.